The summed E-state index contributed by atoms with van der Waals surface area (Å²) in [7, 11) is 0. The van der Waals surface area contributed by atoms with Gasteiger partial charge in [-0.1, -0.05) is 101 Å². The smallest absolute Gasteiger partial charge is 0.0259 e. The molecular weight excluding hydrogens is 344 g/mol. The summed E-state index contributed by atoms with van der Waals surface area (Å²) in [5.74, 6) is 0. The fourth-order valence-electron chi connectivity index (χ4n) is 3.01. The molecule has 23 heavy (non-hydrogen) atoms. The zero-order chi connectivity index (χ0) is 15.6. The van der Waals surface area contributed by atoms with Crippen LogP contribution in [-0.4, -0.2) is 0 Å². The van der Waals surface area contributed by atoms with Crippen LogP contribution in [0.2, 0.25) is 0 Å². The predicted molar refractivity (Wildman–Crippen MR) is 103 cm³/mol. The molecule has 4 rings (SSSR count). The monoisotopic (exact) mass is 358 g/mol. The fourth-order valence-corrected chi connectivity index (χ4v) is 3.60. The molecule has 0 aliphatic rings. The molecule has 1 heteroatoms. The van der Waals surface area contributed by atoms with Gasteiger partial charge >= 0.3 is 0 Å². The van der Waals surface area contributed by atoms with Gasteiger partial charge < -0.3 is 0 Å². The number of benzene rings is 4. The maximum Gasteiger partial charge on any atom is 0.0259 e. The Kier molecular flexibility index (Phi) is 3.72. The van der Waals surface area contributed by atoms with Gasteiger partial charge in [0.05, 0.1) is 0 Å². The van der Waals surface area contributed by atoms with E-state index in [1.807, 2.05) is 6.07 Å². The topological polar surface area (TPSA) is 0 Å². The summed E-state index contributed by atoms with van der Waals surface area (Å²) in [5.41, 5.74) is 4.99. The fraction of sp³-hybridized carbons (Fsp3) is 0. The Morgan fingerprint density at radius 3 is 1.83 bits per heavy atom. The Balaban J connectivity index is 1.83. The molecule has 0 unspecified atom stereocenters. The molecule has 0 N–H and O–H groups in total. The average Bonchev–Trinajstić information content (AvgIpc) is 2.62. The van der Waals surface area contributed by atoms with Crippen LogP contribution in [-0.2, 0) is 0 Å². The Labute approximate surface area is 144 Å². The molecule has 0 atom stereocenters. The van der Waals surface area contributed by atoms with E-state index in [-0.39, 0.29) is 0 Å². The Morgan fingerprint density at radius 1 is 0.478 bits per heavy atom. The van der Waals surface area contributed by atoms with Crippen LogP contribution < -0.4 is 0 Å². The first-order valence-electron chi connectivity index (χ1n) is 7.66. The molecule has 0 fully saturated rings. The summed E-state index contributed by atoms with van der Waals surface area (Å²) in [6.45, 7) is 0. The van der Waals surface area contributed by atoms with E-state index in [1.54, 1.807) is 0 Å². The maximum absolute atomic E-state index is 3.70. The lowest BCUT2D eigenvalue weighted by Gasteiger charge is -2.10. The zero-order valence-corrected chi connectivity index (χ0v) is 14.1. The summed E-state index contributed by atoms with van der Waals surface area (Å²) in [6.07, 6.45) is 0. The minimum atomic E-state index is 1.14. The quantitative estimate of drug-likeness (QED) is 0.364. The number of hydrogen-bond acceptors (Lipinski definition) is 0. The third-order valence-electron chi connectivity index (χ3n) is 4.16. The molecule has 0 aliphatic heterocycles. The van der Waals surface area contributed by atoms with E-state index in [0.717, 1.165) is 4.47 Å². The summed E-state index contributed by atoms with van der Waals surface area (Å²) < 4.78 is 1.14. The normalized spacial score (nSPS) is 10.8. The van der Waals surface area contributed by atoms with Crippen molar-refractivity contribution in [3.05, 3.63) is 95.5 Å². The molecule has 0 amide bonds. The van der Waals surface area contributed by atoms with E-state index in [1.165, 1.54) is 33.0 Å². The maximum atomic E-state index is 3.70. The van der Waals surface area contributed by atoms with Crippen LogP contribution in [0.15, 0.2) is 95.5 Å². The molecule has 0 nitrogen and oxygen atoms in total. The van der Waals surface area contributed by atoms with E-state index in [4.69, 9.17) is 0 Å². The first kappa shape index (κ1) is 14.2. The Hall–Kier alpha value is -2.38. The van der Waals surface area contributed by atoms with Crippen molar-refractivity contribution >= 4 is 26.7 Å². The summed E-state index contributed by atoms with van der Waals surface area (Å²) in [4.78, 5) is 0. The summed E-state index contributed by atoms with van der Waals surface area (Å²) in [6, 6.07) is 32.1. The van der Waals surface area contributed by atoms with E-state index < -0.39 is 0 Å². The van der Waals surface area contributed by atoms with Gasteiger partial charge in [-0.05, 0) is 33.7 Å². The van der Waals surface area contributed by atoms with Gasteiger partial charge in [0.2, 0.25) is 0 Å². The number of fused-ring (bicyclic) bond motifs is 1. The van der Waals surface area contributed by atoms with Crippen LogP contribution in [0, 0.1) is 0 Å². The molecule has 4 aromatic rings. The lowest BCUT2D eigenvalue weighted by Crippen LogP contribution is -1.84. The second-order valence-electron chi connectivity index (χ2n) is 5.59. The first-order valence-corrected chi connectivity index (χ1v) is 8.45. The number of rotatable bonds is 2. The summed E-state index contributed by atoms with van der Waals surface area (Å²) >= 11 is 3.70. The van der Waals surface area contributed by atoms with E-state index in [0.29, 0.717) is 0 Å². The number of halogens is 1. The standard InChI is InChI=1S/C22H15Br/c23-21-11-5-9-19-8-4-10-20(22(19)21)18-14-12-17(13-15-18)16-6-2-1-3-7-16/h1-15H. The highest BCUT2D eigenvalue weighted by atomic mass is 79.9. The minimum Gasteiger partial charge on any atom is -0.0622 e. The van der Waals surface area contributed by atoms with Gasteiger partial charge in [0.25, 0.3) is 0 Å². The zero-order valence-electron chi connectivity index (χ0n) is 12.5. The third-order valence-corrected chi connectivity index (χ3v) is 4.82. The lowest BCUT2D eigenvalue weighted by atomic mass is 9.96. The molecule has 0 bridgehead atoms. The van der Waals surface area contributed by atoms with Crippen molar-refractivity contribution in [1.82, 2.24) is 0 Å². The summed E-state index contributed by atoms with van der Waals surface area (Å²) in [5, 5.41) is 2.52. The van der Waals surface area contributed by atoms with Crippen LogP contribution >= 0.6 is 15.9 Å². The molecule has 0 saturated heterocycles. The molecule has 4 aromatic carbocycles. The molecule has 0 heterocycles. The highest BCUT2D eigenvalue weighted by Crippen LogP contribution is 2.34. The van der Waals surface area contributed by atoms with E-state index in [9.17, 15) is 0 Å². The van der Waals surface area contributed by atoms with Crippen molar-refractivity contribution in [2.24, 2.45) is 0 Å². The van der Waals surface area contributed by atoms with Crippen LogP contribution in [0.5, 0.6) is 0 Å². The SMILES string of the molecule is Brc1cccc2cccc(-c3ccc(-c4ccccc4)cc3)c12. The van der Waals surface area contributed by atoms with Crippen LogP contribution in [0.1, 0.15) is 0 Å². The minimum absolute atomic E-state index is 1.14. The first-order chi connectivity index (χ1) is 11.3. The highest BCUT2D eigenvalue weighted by molar-refractivity contribution is 9.10. The second kappa shape index (κ2) is 6.02. The van der Waals surface area contributed by atoms with Gasteiger partial charge in [-0.15, -0.1) is 0 Å². The Bertz CT molecular complexity index is 949. The van der Waals surface area contributed by atoms with Crippen molar-refractivity contribution in [3.8, 4) is 22.3 Å². The molecule has 0 radical (unpaired) electrons. The Morgan fingerprint density at radius 2 is 1.09 bits per heavy atom. The van der Waals surface area contributed by atoms with Crippen molar-refractivity contribution in [3.63, 3.8) is 0 Å². The van der Waals surface area contributed by atoms with E-state index >= 15 is 0 Å². The molecule has 110 valence electrons. The average molecular weight is 359 g/mol. The molecule has 0 spiro atoms. The van der Waals surface area contributed by atoms with Gasteiger partial charge in [0.15, 0.2) is 0 Å². The van der Waals surface area contributed by atoms with Gasteiger partial charge in [0.1, 0.15) is 0 Å². The lowest BCUT2D eigenvalue weighted by molar-refractivity contribution is 1.60. The molecular formula is C22H15Br. The van der Waals surface area contributed by atoms with Gasteiger partial charge in [-0.3, -0.25) is 0 Å². The van der Waals surface area contributed by atoms with Crippen molar-refractivity contribution < 1.29 is 0 Å². The molecule has 0 aromatic heterocycles. The highest BCUT2D eigenvalue weighted by Gasteiger charge is 2.07. The predicted octanol–water partition coefficient (Wildman–Crippen LogP) is 6.94. The number of hydrogen-bond donors (Lipinski definition) is 0. The second-order valence-corrected chi connectivity index (χ2v) is 6.44. The largest absolute Gasteiger partial charge is 0.0622 e. The molecule has 0 saturated carbocycles. The van der Waals surface area contributed by atoms with Crippen LogP contribution in [0.4, 0.5) is 0 Å². The van der Waals surface area contributed by atoms with Gasteiger partial charge in [0, 0.05) is 9.86 Å². The van der Waals surface area contributed by atoms with Crippen molar-refractivity contribution in [1.29, 1.82) is 0 Å². The van der Waals surface area contributed by atoms with Crippen molar-refractivity contribution in [2.45, 2.75) is 0 Å². The van der Waals surface area contributed by atoms with Crippen molar-refractivity contribution in [2.75, 3.05) is 0 Å². The third kappa shape index (κ3) is 2.69. The van der Waals surface area contributed by atoms with E-state index in [2.05, 4.69) is 101 Å². The van der Waals surface area contributed by atoms with Gasteiger partial charge in [-0.2, -0.15) is 0 Å². The van der Waals surface area contributed by atoms with Crippen LogP contribution in [0.25, 0.3) is 33.0 Å². The molecule has 0 aliphatic carbocycles. The van der Waals surface area contributed by atoms with Crippen LogP contribution in [0.3, 0.4) is 0 Å². The van der Waals surface area contributed by atoms with Gasteiger partial charge in [-0.25, -0.2) is 0 Å².